The molecule has 2 heterocycles. The maximum absolute atomic E-state index is 13.2. The summed E-state index contributed by atoms with van der Waals surface area (Å²) in [5.41, 5.74) is -3.28. The molecule has 0 aromatic carbocycles. The van der Waals surface area contributed by atoms with Crippen molar-refractivity contribution in [1.29, 1.82) is 0 Å². The van der Waals surface area contributed by atoms with E-state index in [1.807, 2.05) is 13.8 Å². The third-order valence-corrected chi connectivity index (χ3v) is 8.98. The predicted octanol–water partition coefficient (Wildman–Crippen LogP) is -0.306. The van der Waals surface area contributed by atoms with Crippen LogP contribution >= 0.6 is 0 Å². The Morgan fingerprint density at radius 2 is 1.74 bits per heavy atom. The van der Waals surface area contributed by atoms with Gasteiger partial charge in [0, 0.05) is 11.8 Å². The van der Waals surface area contributed by atoms with E-state index >= 15 is 0 Å². The zero-order chi connectivity index (χ0) is 19.7. The molecule has 4 bridgehead atoms. The molecule has 7 heteroatoms. The first-order valence-electron chi connectivity index (χ1n) is 9.85. The molecule has 27 heavy (non-hydrogen) atoms. The van der Waals surface area contributed by atoms with Gasteiger partial charge in [0.05, 0.1) is 23.7 Å². The van der Waals surface area contributed by atoms with E-state index in [0.29, 0.717) is 31.3 Å². The van der Waals surface area contributed by atoms with Crippen LogP contribution in [0, 0.1) is 34.0 Å². The van der Waals surface area contributed by atoms with Gasteiger partial charge in [-0.1, -0.05) is 20.4 Å². The molecule has 10 atom stereocenters. The molecule has 4 aliphatic carbocycles. The van der Waals surface area contributed by atoms with Crippen molar-refractivity contribution in [2.45, 2.75) is 69.7 Å². The molecule has 0 radical (unpaired) electrons. The van der Waals surface area contributed by atoms with Crippen molar-refractivity contribution in [2.24, 2.45) is 34.0 Å². The van der Waals surface area contributed by atoms with Crippen molar-refractivity contribution in [2.75, 3.05) is 0 Å². The van der Waals surface area contributed by atoms with Gasteiger partial charge in [0.2, 0.25) is 5.79 Å². The first-order chi connectivity index (χ1) is 12.5. The molecule has 2 unspecified atom stereocenters. The van der Waals surface area contributed by atoms with Crippen molar-refractivity contribution in [3.8, 4) is 0 Å². The standard InChI is InChI=1S/C20H28O7/c1-8-9-4-5-10-18-11(21)6-7-17(2,3)12(18)15(24)20(26,27-16(18)25)19(10,13(8)22)14(9)23/h9-15,21-24,26H,1,4-7H2,2-3H3/t9-,10-,11-,12?,13+,14+,15-,18-,19?,20+/m0/s1. The van der Waals surface area contributed by atoms with E-state index in [0.717, 1.165) is 0 Å². The Morgan fingerprint density at radius 3 is 2.41 bits per heavy atom. The van der Waals surface area contributed by atoms with Crippen LogP contribution in [0.25, 0.3) is 0 Å². The average Bonchev–Trinajstić information content (AvgIpc) is 2.70. The van der Waals surface area contributed by atoms with Gasteiger partial charge in [-0.05, 0) is 42.6 Å². The Hall–Kier alpha value is -0.990. The molecular formula is C20H28O7. The topological polar surface area (TPSA) is 127 Å². The average molecular weight is 380 g/mol. The second kappa shape index (κ2) is 4.76. The van der Waals surface area contributed by atoms with Crippen molar-refractivity contribution in [1.82, 2.24) is 0 Å². The van der Waals surface area contributed by atoms with Crippen LogP contribution in [0.15, 0.2) is 12.2 Å². The van der Waals surface area contributed by atoms with Crippen LogP contribution in [0.5, 0.6) is 0 Å². The number of carbonyl (C=O) groups excluding carboxylic acids is 1. The molecule has 150 valence electrons. The highest BCUT2D eigenvalue weighted by Crippen LogP contribution is 2.77. The minimum Gasteiger partial charge on any atom is -0.429 e. The SMILES string of the molecule is C=C1[C@@H](O)C23[C@H](O)[C@H]1CC[C@H]2[C@@]12C(=O)O[C@]3(O)[C@@H](O)C1C(C)(C)CC[C@@H]2O. The number of carbonyl (C=O) groups is 1. The smallest absolute Gasteiger partial charge is 0.318 e. The minimum absolute atomic E-state index is 0.354. The van der Waals surface area contributed by atoms with E-state index in [-0.39, 0.29) is 0 Å². The van der Waals surface area contributed by atoms with Gasteiger partial charge in [0.15, 0.2) is 0 Å². The van der Waals surface area contributed by atoms with E-state index in [4.69, 9.17) is 4.74 Å². The maximum Gasteiger partial charge on any atom is 0.318 e. The van der Waals surface area contributed by atoms with Gasteiger partial charge in [-0.2, -0.15) is 0 Å². The zero-order valence-corrected chi connectivity index (χ0v) is 15.6. The first kappa shape index (κ1) is 18.1. The summed E-state index contributed by atoms with van der Waals surface area (Å²) in [4.78, 5) is 13.2. The second-order valence-corrected chi connectivity index (χ2v) is 10.1. The molecule has 2 saturated heterocycles. The van der Waals surface area contributed by atoms with E-state index in [1.54, 1.807) is 0 Å². The van der Waals surface area contributed by atoms with Gasteiger partial charge in [-0.15, -0.1) is 0 Å². The zero-order valence-electron chi connectivity index (χ0n) is 15.6. The van der Waals surface area contributed by atoms with Gasteiger partial charge in [0.25, 0.3) is 0 Å². The molecule has 0 amide bonds. The molecule has 7 nitrogen and oxygen atoms in total. The quantitative estimate of drug-likeness (QED) is 0.288. The Bertz CT molecular complexity index is 749. The highest BCUT2D eigenvalue weighted by atomic mass is 16.7. The van der Waals surface area contributed by atoms with E-state index in [1.165, 1.54) is 0 Å². The summed E-state index contributed by atoms with van der Waals surface area (Å²) in [6.45, 7) is 7.76. The van der Waals surface area contributed by atoms with Gasteiger partial charge in [-0.25, -0.2) is 0 Å². The first-order valence-corrected chi connectivity index (χ1v) is 9.85. The second-order valence-electron chi connectivity index (χ2n) is 10.1. The lowest BCUT2D eigenvalue weighted by Crippen LogP contribution is -2.87. The van der Waals surface area contributed by atoms with Gasteiger partial charge in [-0.3, -0.25) is 4.79 Å². The molecule has 6 rings (SSSR count). The van der Waals surface area contributed by atoms with Gasteiger partial charge in [0.1, 0.15) is 11.5 Å². The lowest BCUT2D eigenvalue weighted by molar-refractivity contribution is -0.442. The number of fused-ring (bicyclic) bond motifs is 2. The third kappa shape index (κ3) is 1.50. The lowest BCUT2D eigenvalue weighted by Gasteiger charge is -2.74. The van der Waals surface area contributed by atoms with Crippen LogP contribution < -0.4 is 0 Å². The monoisotopic (exact) mass is 380 g/mol. The lowest BCUT2D eigenvalue weighted by atomic mass is 9.35. The summed E-state index contributed by atoms with van der Waals surface area (Å²) in [6.07, 6.45) is -3.25. The third-order valence-electron chi connectivity index (χ3n) is 8.98. The number of aliphatic hydroxyl groups excluding tert-OH is 4. The Morgan fingerprint density at radius 1 is 1.07 bits per heavy atom. The number of esters is 1. The fourth-order valence-corrected chi connectivity index (χ4v) is 7.98. The van der Waals surface area contributed by atoms with E-state index < -0.39 is 70.2 Å². The molecule has 6 aliphatic rings. The molecule has 6 fully saturated rings. The molecule has 0 aromatic heterocycles. The molecule has 2 spiro atoms. The largest absolute Gasteiger partial charge is 0.429 e. The van der Waals surface area contributed by atoms with E-state index in [9.17, 15) is 30.3 Å². The normalized spacial score (nSPS) is 60.6. The summed E-state index contributed by atoms with van der Waals surface area (Å²) in [6, 6.07) is 0. The van der Waals surface area contributed by atoms with Crippen molar-refractivity contribution >= 4 is 5.97 Å². The maximum atomic E-state index is 13.2. The van der Waals surface area contributed by atoms with Crippen LogP contribution in [0.3, 0.4) is 0 Å². The summed E-state index contributed by atoms with van der Waals surface area (Å²) in [5, 5.41) is 56.3. The number of ether oxygens (including phenoxy) is 1. The van der Waals surface area contributed by atoms with Crippen LogP contribution in [0.2, 0.25) is 0 Å². The van der Waals surface area contributed by atoms with Gasteiger partial charge >= 0.3 is 5.97 Å². The highest BCUT2D eigenvalue weighted by molar-refractivity contribution is 5.83. The summed E-state index contributed by atoms with van der Waals surface area (Å²) in [5.74, 6) is -5.03. The molecular weight excluding hydrogens is 352 g/mol. The molecule has 0 aromatic rings. The number of hydrogen-bond donors (Lipinski definition) is 5. The van der Waals surface area contributed by atoms with Crippen LogP contribution in [-0.4, -0.2) is 61.7 Å². The minimum atomic E-state index is -2.42. The van der Waals surface area contributed by atoms with Crippen LogP contribution in [0.4, 0.5) is 0 Å². The fourth-order valence-electron chi connectivity index (χ4n) is 7.98. The molecule has 2 aliphatic heterocycles. The number of hydrogen-bond acceptors (Lipinski definition) is 7. The van der Waals surface area contributed by atoms with Crippen molar-refractivity contribution in [3.05, 3.63) is 12.2 Å². The Labute approximate surface area is 157 Å². The van der Waals surface area contributed by atoms with Crippen LogP contribution in [0.1, 0.15) is 39.5 Å². The summed E-state index contributed by atoms with van der Waals surface area (Å²) >= 11 is 0. The number of aliphatic hydroxyl groups is 5. The number of rotatable bonds is 0. The van der Waals surface area contributed by atoms with Crippen molar-refractivity contribution in [3.63, 3.8) is 0 Å². The Kier molecular flexibility index (Phi) is 3.19. The predicted molar refractivity (Wildman–Crippen MR) is 91.8 cm³/mol. The summed E-state index contributed by atoms with van der Waals surface area (Å²) < 4.78 is 5.43. The van der Waals surface area contributed by atoms with Crippen molar-refractivity contribution < 1.29 is 35.1 Å². The van der Waals surface area contributed by atoms with Gasteiger partial charge < -0.3 is 30.3 Å². The van der Waals surface area contributed by atoms with E-state index in [2.05, 4.69) is 6.58 Å². The van der Waals surface area contributed by atoms with Crippen LogP contribution in [-0.2, 0) is 9.53 Å². The fraction of sp³-hybridized carbons (Fsp3) is 0.850. The Balaban J connectivity index is 1.84. The molecule has 4 saturated carbocycles. The summed E-state index contributed by atoms with van der Waals surface area (Å²) in [7, 11) is 0. The highest BCUT2D eigenvalue weighted by Gasteiger charge is 2.89. The molecule has 5 N–H and O–H groups in total.